The first-order valence-electron chi connectivity index (χ1n) is 7.47. The number of likely N-dealkylation sites (N-methyl/N-ethyl adjacent to an activating group) is 1. The highest BCUT2D eigenvalue weighted by atomic mass is 19.1. The maximum absolute atomic E-state index is 13.6. The van der Waals surface area contributed by atoms with E-state index < -0.39 is 0 Å². The van der Waals surface area contributed by atoms with Crippen LogP contribution in [0, 0.1) is 5.82 Å². The van der Waals surface area contributed by atoms with E-state index in [1.165, 1.54) is 6.07 Å². The minimum absolute atomic E-state index is 0.164. The maximum atomic E-state index is 13.6. The zero-order valence-corrected chi connectivity index (χ0v) is 12.7. The second-order valence-corrected chi connectivity index (χ2v) is 4.97. The molecule has 0 amide bonds. The molecule has 0 saturated heterocycles. The van der Waals surface area contributed by atoms with Gasteiger partial charge < -0.3 is 9.73 Å². The number of furan rings is 1. The fraction of sp³-hybridized carbons (Fsp3) is 0.412. The summed E-state index contributed by atoms with van der Waals surface area (Å²) in [5, 5.41) is 3.34. The number of benzene rings is 1. The van der Waals surface area contributed by atoms with Crippen LogP contribution < -0.4 is 5.32 Å². The SMILES string of the molecule is CCN(CC)C(CNCc1ccccc1F)c1ccco1. The first-order chi connectivity index (χ1) is 10.3. The van der Waals surface area contributed by atoms with Crippen LogP contribution >= 0.6 is 0 Å². The molecule has 1 aromatic carbocycles. The van der Waals surface area contributed by atoms with Gasteiger partial charge in [-0.15, -0.1) is 0 Å². The van der Waals surface area contributed by atoms with Crippen LogP contribution in [0.15, 0.2) is 47.1 Å². The van der Waals surface area contributed by atoms with E-state index in [0.29, 0.717) is 12.1 Å². The quantitative estimate of drug-likeness (QED) is 0.805. The van der Waals surface area contributed by atoms with Gasteiger partial charge in [0.25, 0.3) is 0 Å². The summed E-state index contributed by atoms with van der Waals surface area (Å²) in [6.45, 7) is 7.41. The first kappa shape index (κ1) is 15.7. The fourth-order valence-corrected chi connectivity index (χ4v) is 2.54. The predicted molar refractivity (Wildman–Crippen MR) is 82.5 cm³/mol. The van der Waals surface area contributed by atoms with Crippen LogP contribution in [-0.4, -0.2) is 24.5 Å². The van der Waals surface area contributed by atoms with Crippen molar-refractivity contribution in [1.82, 2.24) is 10.2 Å². The molecular weight excluding hydrogens is 267 g/mol. The third-order valence-electron chi connectivity index (χ3n) is 3.74. The van der Waals surface area contributed by atoms with Gasteiger partial charge in [-0.3, -0.25) is 4.90 Å². The maximum Gasteiger partial charge on any atom is 0.127 e. The topological polar surface area (TPSA) is 28.4 Å². The van der Waals surface area contributed by atoms with Crippen LogP contribution in [0.25, 0.3) is 0 Å². The lowest BCUT2D eigenvalue weighted by Gasteiger charge is -2.28. The lowest BCUT2D eigenvalue weighted by Crippen LogP contribution is -2.35. The highest BCUT2D eigenvalue weighted by molar-refractivity contribution is 5.17. The van der Waals surface area contributed by atoms with Gasteiger partial charge in [0.05, 0.1) is 12.3 Å². The number of nitrogens with zero attached hydrogens (tertiary/aromatic N) is 1. The highest BCUT2D eigenvalue weighted by Gasteiger charge is 2.20. The molecule has 0 fully saturated rings. The van der Waals surface area contributed by atoms with Crippen molar-refractivity contribution in [3.8, 4) is 0 Å². The van der Waals surface area contributed by atoms with Gasteiger partial charge in [-0.05, 0) is 31.3 Å². The van der Waals surface area contributed by atoms with Crippen molar-refractivity contribution in [1.29, 1.82) is 0 Å². The molecule has 2 rings (SSSR count). The molecule has 0 bridgehead atoms. The number of nitrogens with one attached hydrogen (secondary N) is 1. The Kier molecular flexibility index (Phi) is 5.96. The Hall–Kier alpha value is -1.65. The van der Waals surface area contributed by atoms with Crippen molar-refractivity contribution in [2.75, 3.05) is 19.6 Å². The average Bonchev–Trinajstić information content (AvgIpc) is 3.02. The summed E-state index contributed by atoms with van der Waals surface area (Å²) in [4.78, 5) is 2.33. The summed E-state index contributed by atoms with van der Waals surface area (Å²) in [5.41, 5.74) is 0.690. The molecule has 0 aliphatic heterocycles. The van der Waals surface area contributed by atoms with Crippen LogP contribution in [0.3, 0.4) is 0 Å². The van der Waals surface area contributed by atoms with Gasteiger partial charge in [0.1, 0.15) is 11.6 Å². The molecule has 3 nitrogen and oxygen atoms in total. The van der Waals surface area contributed by atoms with E-state index in [1.807, 2.05) is 24.3 Å². The molecule has 1 unspecified atom stereocenters. The molecule has 1 atom stereocenters. The minimum Gasteiger partial charge on any atom is -0.468 e. The molecule has 21 heavy (non-hydrogen) atoms. The summed E-state index contributed by atoms with van der Waals surface area (Å²) >= 11 is 0. The second-order valence-electron chi connectivity index (χ2n) is 4.97. The van der Waals surface area contributed by atoms with E-state index >= 15 is 0 Å². The summed E-state index contributed by atoms with van der Waals surface area (Å²) in [5.74, 6) is 0.780. The molecule has 114 valence electrons. The number of hydrogen-bond acceptors (Lipinski definition) is 3. The number of halogens is 1. The number of hydrogen-bond donors (Lipinski definition) is 1. The molecule has 1 heterocycles. The summed E-state index contributed by atoms with van der Waals surface area (Å²) in [7, 11) is 0. The van der Waals surface area contributed by atoms with Gasteiger partial charge in [0.2, 0.25) is 0 Å². The van der Waals surface area contributed by atoms with E-state index in [-0.39, 0.29) is 11.9 Å². The van der Waals surface area contributed by atoms with E-state index in [9.17, 15) is 4.39 Å². The van der Waals surface area contributed by atoms with Crippen molar-refractivity contribution in [3.05, 3.63) is 59.8 Å². The molecule has 4 heteroatoms. The van der Waals surface area contributed by atoms with Crippen molar-refractivity contribution in [2.24, 2.45) is 0 Å². The lowest BCUT2D eigenvalue weighted by atomic mass is 10.1. The van der Waals surface area contributed by atoms with Crippen LogP contribution in [0.2, 0.25) is 0 Å². The molecule has 0 radical (unpaired) electrons. The Morgan fingerprint density at radius 2 is 1.90 bits per heavy atom. The molecule has 1 aromatic heterocycles. The van der Waals surface area contributed by atoms with Crippen molar-refractivity contribution in [2.45, 2.75) is 26.4 Å². The van der Waals surface area contributed by atoms with Gasteiger partial charge in [0.15, 0.2) is 0 Å². The smallest absolute Gasteiger partial charge is 0.127 e. The Labute approximate surface area is 125 Å². The molecule has 2 aromatic rings. The zero-order chi connectivity index (χ0) is 15.1. The van der Waals surface area contributed by atoms with E-state index in [0.717, 1.165) is 25.4 Å². The van der Waals surface area contributed by atoms with E-state index in [1.54, 1.807) is 12.3 Å². The van der Waals surface area contributed by atoms with Gasteiger partial charge in [-0.2, -0.15) is 0 Å². The van der Waals surface area contributed by atoms with Crippen molar-refractivity contribution < 1.29 is 8.81 Å². The molecule has 0 spiro atoms. The molecule has 0 aliphatic carbocycles. The predicted octanol–water partition coefficient (Wildman–Crippen LogP) is 3.59. The van der Waals surface area contributed by atoms with Crippen LogP contribution in [-0.2, 0) is 6.54 Å². The van der Waals surface area contributed by atoms with Crippen LogP contribution in [0.1, 0.15) is 31.2 Å². The van der Waals surface area contributed by atoms with Gasteiger partial charge in [0, 0.05) is 18.7 Å². The summed E-state index contributed by atoms with van der Waals surface area (Å²) in [6, 6.07) is 10.9. The van der Waals surface area contributed by atoms with Crippen LogP contribution in [0.4, 0.5) is 4.39 Å². The first-order valence-corrected chi connectivity index (χ1v) is 7.47. The van der Waals surface area contributed by atoms with E-state index in [4.69, 9.17) is 4.42 Å². The Bertz CT molecular complexity index is 523. The van der Waals surface area contributed by atoms with Gasteiger partial charge >= 0.3 is 0 Å². The fourth-order valence-electron chi connectivity index (χ4n) is 2.54. The Morgan fingerprint density at radius 1 is 1.14 bits per heavy atom. The monoisotopic (exact) mass is 290 g/mol. The van der Waals surface area contributed by atoms with Crippen molar-refractivity contribution in [3.63, 3.8) is 0 Å². The van der Waals surface area contributed by atoms with E-state index in [2.05, 4.69) is 24.1 Å². The number of rotatable bonds is 8. The van der Waals surface area contributed by atoms with Gasteiger partial charge in [-0.25, -0.2) is 4.39 Å². The molecule has 0 aliphatic rings. The Morgan fingerprint density at radius 3 is 2.52 bits per heavy atom. The average molecular weight is 290 g/mol. The second kappa shape index (κ2) is 7.96. The highest BCUT2D eigenvalue weighted by Crippen LogP contribution is 2.20. The van der Waals surface area contributed by atoms with Gasteiger partial charge in [-0.1, -0.05) is 32.0 Å². The zero-order valence-electron chi connectivity index (χ0n) is 12.7. The molecular formula is C17H23FN2O. The third kappa shape index (κ3) is 4.16. The van der Waals surface area contributed by atoms with Crippen LogP contribution in [0.5, 0.6) is 0 Å². The Balaban J connectivity index is 1.98. The lowest BCUT2D eigenvalue weighted by molar-refractivity contribution is 0.188. The summed E-state index contributed by atoms with van der Waals surface area (Å²) in [6.07, 6.45) is 1.70. The van der Waals surface area contributed by atoms with Crippen molar-refractivity contribution >= 4 is 0 Å². The largest absolute Gasteiger partial charge is 0.468 e. The molecule has 1 N–H and O–H groups in total. The third-order valence-corrected chi connectivity index (χ3v) is 3.74. The minimum atomic E-state index is -0.164. The summed E-state index contributed by atoms with van der Waals surface area (Å²) < 4.78 is 19.2. The normalized spacial score (nSPS) is 12.8. The molecule has 0 saturated carbocycles. The standard InChI is InChI=1S/C17H23FN2O/c1-3-20(4-2)16(17-10-7-11-21-17)13-19-12-14-8-5-6-9-15(14)18/h5-11,16,19H,3-4,12-13H2,1-2H3.